The summed E-state index contributed by atoms with van der Waals surface area (Å²) in [6, 6.07) is 1.09. The number of halogens is 3. The van der Waals surface area contributed by atoms with Gasteiger partial charge in [-0.2, -0.15) is 0 Å². The number of hydrogen-bond acceptors (Lipinski definition) is 2. The number of aliphatic hydroxyl groups is 1. The number of carbonyl (C=O) groups excluding carboxylic acids is 1. The zero-order chi connectivity index (χ0) is 11.4. The Morgan fingerprint density at radius 2 is 1.80 bits per heavy atom. The second-order valence-electron chi connectivity index (χ2n) is 3.12. The van der Waals surface area contributed by atoms with Gasteiger partial charge in [-0.15, -0.1) is 0 Å². The highest BCUT2D eigenvalue weighted by Crippen LogP contribution is 2.15. The molecule has 0 bridgehead atoms. The van der Waals surface area contributed by atoms with Gasteiger partial charge in [-0.05, 0) is 11.6 Å². The van der Waals surface area contributed by atoms with Crippen LogP contribution < -0.4 is 0 Å². The van der Waals surface area contributed by atoms with Crippen molar-refractivity contribution in [2.24, 2.45) is 0 Å². The van der Waals surface area contributed by atoms with Gasteiger partial charge in [0.2, 0.25) is 0 Å². The number of rotatable bonds is 4. The first kappa shape index (κ1) is 11.7. The van der Waals surface area contributed by atoms with Crippen molar-refractivity contribution >= 4 is 6.29 Å². The summed E-state index contributed by atoms with van der Waals surface area (Å²) in [6.45, 7) is 0. The molecule has 1 N–H and O–H groups in total. The number of hydrogen-bond donors (Lipinski definition) is 1. The quantitative estimate of drug-likeness (QED) is 0.615. The molecule has 1 aromatic rings. The fourth-order valence-electron chi connectivity index (χ4n) is 1.17. The molecule has 1 atom stereocenters. The molecule has 0 aliphatic carbocycles. The fraction of sp³-hybridized carbons (Fsp3) is 0.300. The van der Waals surface area contributed by atoms with E-state index < -0.39 is 23.6 Å². The Labute approximate surface area is 84.3 Å². The van der Waals surface area contributed by atoms with Gasteiger partial charge in [-0.3, -0.25) is 0 Å². The first-order chi connectivity index (χ1) is 7.04. The van der Waals surface area contributed by atoms with Crippen molar-refractivity contribution in [2.75, 3.05) is 0 Å². The molecule has 82 valence electrons. The summed E-state index contributed by atoms with van der Waals surface area (Å²) in [5.41, 5.74) is -0.150. The Balaban J connectivity index is 2.85. The average molecular weight is 218 g/mol. The highest BCUT2D eigenvalue weighted by molar-refractivity contribution is 5.50. The molecule has 1 rings (SSSR count). The van der Waals surface area contributed by atoms with Crippen LogP contribution in [-0.4, -0.2) is 17.5 Å². The normalized spacial score (nSPS) is 12.5. The van der Waals surface area contributed by atoms with Crippen molar-refractivity contribution in [3.63, 3.8) is 0 Å². The summed E-state index contributed by atoms with van der Waals surface area (Å²) in [6.07, 6.45) is -0.996. The molecule has 0 amide bonds. The number of carbonyl (C=O) groups is 1. The molecule has 2 nitrogen and oxygen atoms in total. The first-order valence-electron chi connectivity index (χ1n) is 4.29. The minimum Gasteiger partial charge on any atom is -0.392 e. The van der Waals surface area contributed by atoms with Crippen LogP contribution in [0, 0.1) is 17.5 Å². The molecule has 0 saturated heterocycles. The van der Waals surface area contributed by atoms with Crippen LogP contribution >= 0.6 is 0 Å². The van der Waals surface area contributed by atoms with Crippen LogP contribution in [-0.2, 0) is 11.2 Å². The van der Waals surface area contributed by atoms with E-state index >= 15 is 0 Å². The first-order valence-corrected chi connectivity index (χ1v) is 4.29. The SMILES string of the molecule is O=CC[C@H](O)Cc1cc(F)c(F)cc1F. The second kappa shape index (κ2) is 4.93. The van der Waals surface area contributed by atoms with Gasteiger partial charge in [0.05, 0.1) is 6.10 Å². The Kier molecular flexibility index (Phi) is 3.85. The van der Waals surface area contributed by atoms with Gasteiger partial charge in [-0.25, -0.2) is 13.2 Å². The minimum atomic E-state index is -1.28. The molecule has 0 aromatic heterocycles. The molecule has 0 spiro atoms. The molecular weight excluding hydrogens is 209 g/mol. The number of benzene rings is 1. The second-order valence-corrected chi connectivity index (χ2v) is 3.12. The molecule has 0 saturated carbocycles. The minimum absolute atomic E-state index is 0.150. The lowest BCUT2D eigenvalue weighted by Crippen LogP contribution is -2.12. The van der Waals surface area contributed by atoms with E-state index in [9.17, 15) is 23.1 Å². The van der Waals surface area contributed by atoms with Gasteiger partial charge in [-0.1, -0.05) is 0 Å². The van der Waals surface area contributed by atoms with Crippen molar-refractivity contribution in [3.8, 4) is 0 Å². The summed E-state index contributed by atoms with van der Waals surface area (Å²) < 4.78 is 38.2. The van der Waals surface area contributed by atoms with Crippen LogP contribution in [0.25, 0.3) is 0 Å². The molecule has 0 radical (unpaired) electrons. The summed E-state index contributed by atoms with van der Waals surface area (Å²) in [4.78, 5) is 10.0. The van der Waals surface area contributed by atoms with E-state index in [1.165, 1.54) is 0 Å². The van der Waals surface area contributed by atoms with Gasteiger partial charge in [0, 0.05) is 18.9 Å². The lowest BCUT2D eigenvalue weighted by atomic mass is 10.1. The largest absolute Gasteiger partial charge is 0.392 e. The average Bonchev–Trinajstić information content (AvgIpc) is 2.14. The Hall–Kier alpha value is -1.36. The van der Waals surface area contributed by atoms with Crippen LogP contribution in [0.15, 0.2) is 12.1 Å². The zero-order valence-electron chi connectivity index (χ0n) is 7.71. The number of aldehydes is 1. The topological polar surface area (TPSA) is 37.3 Å². The maximum Gasteiger partial charge on any atom is 0.161 e. The van der Waals surface area contributed by atoms with Crippen molar-refractivity contribution < 1.29 is 23.1 Å². The van der Waals surface area contributed by atoms with E-state index in [0.717, 1.165) is 0 Å². The van der Waals surface area contributed by atoms with Gasteiger partial charge >= 0.3 is 0 Å². The molecule has 0 heterocycles. The lowest BCUT2D eigenvalue weighted by Gasteiger charge is -2.08. The van der Waals surface area contributed by atoms with Crippen LogP contribution in [0.1, 0.15) is 12.0 Å². The van der Waals surface area contributed by atoms with Crippen LogP contribution in [0.5, 0.6) is 0 Å². The van der Waals surface area contributed by atoms with Crippen molar-refractivity contribution in [1.82, 2.24) is 0 Å². The third kappa shape index (κ3) is 3.06. The van der Waals surface area contributed by atoms with Crippen molar-refractivity contribution in [3.05, 3.63) is 35.1 Å². The molecule has 1 aromatic carbocycles. The highest BCUT2D eigenvalue weighted by atomic mass is 19.2. The van der Waals surface area contributed by atoms with E-state index in [0.29, 0.717) is 18.4 Å². The summed E-state index contributed by atoms with van der Waals surface area (Å²) >= 11 is 0. The van der Waals surface area contributed by atoms with E-state index in [1.54, 1.807) is 0 Å². The molecule has 0 unspecified atom stereocenters. The Morgan fingerprint density at radius 1 is 1.20 bits per heavy atom. The zero-order valence-corrected chi connectivity index (χ0v) is 7.71. The lowest BCUT2D eigenvalue weighted by molar-refractivity contribution is -0.109. The molecule has 0 fully saturated rings. The molecule has 0 aliphatic heterocycles. The Bertz CT molecular complexity index is 366. The maximum absolute atomic E-state index is 13.0. The predicted octanol–water partition coefficient (Wildman–Crippen LogP) is 1.60. The van der Waals surface area contributed by atoms with Gasteiger partial charge in [0.25, 0.3) is 0 Å². The maximum atomic E-state index is 13.0. The molecule has 15 heavy (non-hydrogen) atoms. The third-order valence-electron chi connectivity index (χ3n) is 1.91. The van der Waals surface area contributed by atoms with Crippen molar-refractivity contribution in [2.45, 2.75) is 18.9 Å². The van der Waals surface area contributed by atoms with Gasteiger partial charge in [0.15, 0.2) is 11.6 Å². The Morgan fingerprint density at radius 3 is 2.40 bits per heavy atom. The van der Waals surface area contributed by atoms with Gasteiger partial charge in [0.1, 0.15) is 12.1 Å². The number of aliphatic hydroxyl groups excluding tert-OH is 1. The van der Waals surface area contributed by atoms with E-state index in [4.69, 9.17) is 0 Å². The predicted molar refractivity (Wildman–Crippen MR) is 46.7 cm³/mol. The fourth-order valence-corrected chi connectivity index (χ4v) is 1.17. The van der Waals surface area contributed by atoms with Crippen molar-refractivity contribution in [1.29, 1.82) is 0 Å². The molecule has 5 heteroatoms. The summed E-state index contributed by atoms with van der Waals surface area (Å²) in [5.74, 6) is -3.38. The van der Waals surface area contributed by atoms with Crippen LogP contribution in [0.2, 0.25) is 0 Å². The third-order valence-corrected chi connectivity index (χ3v) is 1.91. The smallest absolute Gasteiger partial charge is 0.161 e. The highest BCUT2D eigenvalue weighted by Gasteiger charge is 2.13. The van der Waals surface area contributed by atoms with E-state index in [2.05, 4.69) is 0 Å². The summed E-state index contributed by atoms with van der Waals surface area (Å²) in [7, 11) is 0. The van der Waals surface area contributed by atoms with Crippen LogP contribution in [0.3, 0.4) is 0 Å². The van der Waals surface area contributed by atoms with E-state index in [-0.39, 0.29) is 18.4 Å². The monoisotopic (exact) mass is 218 g/mol. The molecular formula is C10H9F3O2. The van der Waals surface area contributed by atoms with E-state index in [1.807, 2.05) is 0 Å². The standard InChI is InChI=1S/C10H9F3O2/c11-8-5-10(13)9(12)4-6(8)3-7(15)1-2-14/h2,4-5,7,15H,1,3H2/t7-/m0/s1. The van der Waals surface area contributed by atoms with Gasteiger partial charge < -0.3 is 9.90 Å². The summed E-state index contributed by atoms with van der Waals surface area (Å²) in [5, 5.41) is 9.17. The molecule has 0 aliphatic rings. The van der Waals surface area contributed by atoms with Crippen LogP contribution in [0.4, 0.5) is 13.2 Å².